The number of carbonyl (C=O) groups excluding carboxylic acids is 1. The van der Waals surface area contributed by atoms with Gasteiger partial charge in [-0.25, -0.2) is 4.79 Å². The van der Waals surface area contributed by atoms with Crippen molar-refractivity contribution in [1.29, 1.82) is 0 Å². The van der Waals surface area contributed by atoms with E-state index >= 15 is 0 Å². The zero-order valence-corrected chi connectivity index (χ0v) is 9.61. The zero-order chi connectivity index (χ0) is 12.6. The quantitative estimate of drug-likeness (QED) is 0.569. The summed E-state index contributed by atoms with van der Waals surface area (Å²) in [5.41, 5.74) is 0. The number of rotatable bonds is 2. The third-order valence-corrected chi connectivity index (χ3v) is 2.98. The number of esters is 1. The molecule has 0 spiro atoms. The second-order valence-corrected chi connectivity index (χ2v) is 4.10. The maximum absolute atomic E-state index is 11.4. The van der Waals surface area contributed by atoms with Crippen LogP contribution in [0.3, 0.4) is 0 Å². The van der Waals surface area contributed by atoms with Gasteiger partial charge < -0.3 is 29.2 Å². The Hall–Kier alpha value is -0.730. The lowest BCUT2D eigenvalue weighted by atomic mass is 9.97. The summed E-state index contributed by atoms with van der Waals surface area (Å²) in [6, 6.07) is 0. The van der Waals surface area contributed by atoms with Crippen molar-refractivity contribution in [3.8, 4) is 0 Å². The number of fused-ring (bicyclic) bond motifs is 1. The van der Waals surface area contributed by atoms with E-state index in [-0.39, 0.29) is 6.61 Å². The first kappa shape index (κ1) is 12.7. The summed E-state index contributed by atoms with van der Waals surface area (Å²) in [6.07, 6.45) is -5.05. The number of ether oxygens (including phenoxy) is 4. The van der Waals surface area contributed by atoms with E-state index in [0.717, 1.165) is 0 Å². The van der Waals surface area contributed by atoms with Gasteiger partial charge in [0.1, 0.15) is 18.3 Å². The highest BCUT2D eigenvalue weighted by molar-refractivity contribution is 5.75. The molecule has 2 saturated heterocycles. The smallest absolute Gasteiger partial charge is 0.335 e. The second kappa shape index (κ2) is 4.87. The van der Waals surface area contributed by atoms with E-state index in [9.17, 15) is 9.90 Å². The van der Waals surface area contributed by atoms with Crippen LogP contribution in [0.25, 0.3) is 0 Å². The summed E-state index contributed by atoms with van der Waals surface area (Å²) in [4.78, 5) is 11.4. The van der Waals surface area contributed by atoms with Crippen molar-refractivity contribution in [3.05, 3.63) is 0 Å². The zero-order valence-electron chi connectivity index (χ0n) is 9.61. The van der Waals surface area contributed by atoms with Crippen molar-refractivity contribution >= 4 is 5.97 Å². The first-order chi connectivity index (χ1) is 8.08. The van der Waals surface area contributed by atoms with Gasteiger partial charge >= 0.3 is 5.97 Å². The van der Waals surface area contributed by atoms with E-state index in [0.29, 0.717) is 0 Å². The van der Waals surface area contributed by atoms with Crippen LogP contribution in [-0.2, 0) is 23.7 Å². The fraction of sp³-hybridized carbons (Fsp3) is 0.900. The van der Waals surface area contributed by atoms with Gasteiger partial charge in [0.2, 0.25) is 0 Å². The van der Waals surface area contributed by atoms with Gasteiger partial charge in [-0.2, -0.15) is 0 Å². The largest absolute Gasteiger partial charge is 0.452 e. The van der Waals surface area contributed by atoms with E-state index in [1.54, 1.807) is 0 Å². The van der Waals surface area contributed by atoms with Gasteiger partial charge in [-0.05, 0) is 6.92 Å². The highest BCUT2D eigenvalue weighted by Crippen LogP contribution is 2.30. The molecule has 2 aliphatic heterocycles. The standard InChI is InChI=1S/C10H16O7/c1-4-9(13)17-8-7(15-4)6(12)5(3-11)16-10(8)14-2/h4-8,10-12H,3H2,1-2H3/t4-,5+,6+,7-,8-,10-/m0/s1. The molecule has 0 radical (unpaired) electrons. The predicted molar refractivity (Wildman–Crippen MR) is 53.0 cm³/mol. The highest BCUT2D eigenvalue weighted by Gasteiger charge is 2.52. The average molecular weight is 248 g/mol. The first-order valence-electron chi connectivity index (χ1n) is 5.41. The molecular formula is C10H16O7. The van der Waals surface area contributed by atoms with Gasteiger partial charge in [-0.3, -0.25) is 0 Å². The Labute approximate surface area is 98.2 Å². The molecule has 6 atom stereocenters. The molecule has 0 unspecified atom stereocenters. The number of aliphatic hydroxyl groups is 2. The molecule has 0 amide bonds. The van der Waals surface area contributed by atoms with E-state index in [2.05, 4.69) is 0 Å². The van der Waals surface area contributed by atoms with Crippen molar-refractivity contribution in [2.75, 3.05) is 13.7 Å². The highest BCUT2D eigenvalue weighted by atomic mass is 16.7. The molecule has 98 valence electrons. The molecule has 17 heavy (non-hydrogen) atoms. The number of methoxy groups -OCH3 is 1. The Morgan fingerprint density at radius 2 is 2.06 bits per heavy atom. The van der Waals surface area contributed by atoms with Crippen molar-refractivity contribution in [3.63, 3.8) is 0 Å². The van der Waals surface area contributed by atoms with Crippen LogP contribution < -0.4 is 0 Å². The van der Waals surface area contributed by atoms with Crippen molar-refractivity contribution in [2.45, 2.75) is 43.7 Å². The van der Waals surface area contributed by atoms with Crippen LogP contribution in [0, 0.1) is 0 Å². The van der Waals surface area contributed by atoms with Gasteiger partial charge in [0, 0.05) is 7.11 Å². The normalized spacial score (nSPS) is 46.2. The minimum absolute atomic E-state index is 0.365. The number of aliphatic hydroxyl groups excluding tert-OH is 2. The number of hydrogen-bond acceptors (Lipinski definition) is 7. The van der Waals surface area contributed by atoms with Gasteiger partial charge in [-0.15, -0.1) is 0 Å². The minimum Gasteiger partial charge on any atom is -0.452 e. The van der Waals surface area contributed by atoms with Crippen LogP contribution in [0.5, 0.6) is 0 Å². The van der Waals surface area contributed by atoms with Crippen molar-refractivity contribution in [2.24, 2.45) is 0 Å². The lowest BCUT2D eigenvalue weighted by Crippen LogP contribution is -2.64. The monoisotopic (exact) mass is 248 g/mol. The predicted octanol–water partition coefficient (Wildman–Crippen LogP) is -1.59. The fourth-order valence-corrected chi connectivity index (χ4v) is 2.03. The van der Waals surface area contributed by atoms with Crippen LogP contribution in [-0.4, -0.2) is 66.7 Å². The van der Waals surface area contributed by atoms with Crippen LogP contribution >= 0.6 is 0 Å². The van der Waals surface area contributed by atoms with Gasteiger partial charge in [0.15, 0.2) is 18.5 Å². The molecule has 2 rings (SSSR count). The Bertz CT molecular complexity index is 294. The third-order valence-electron chi connectivity index (χ3n) is 2.98. The van der Waals surface area contributed by atoms with E-state index in [1.165, 1.54) is 14.0 Å². The van der Waals surface area contributed by atoms with E-state index in [4.69, 9.17) is 24.1 Å². The molecule has 0 aromatic heterocycles. The number of hydrogen-bond donors (Lipinski definition) is 2. The van der Waals surface area contributed by atoms with Gasteiger partial charge in [0.05, 0.1) is 6.61 Å². The Kier molecular flexibility index (Phi) is 3.64. The molecule has 7 heteroatoms. The lowest BCUT2D eigenvalue weighted by Gasteiger charge is -2.46. The average Bonchev–Trinajstić information content (AvgIpc) is 2.32. The summed E-state index contributed by atoms with van der Waals surface area (Å²) in [5, 5.41) is 19.0. The van der Waals surface area contributed by atoms with Crippen LogP contribution in [0.15, 0.2) is 0 Å². The Morgan fingerprint density at radius 1 is 1.35 bits per heavy atom. The molecule has 0 bridgehead atoms. The molecule has 0 aromatic rings. The number of carbonyl (C=O) groups is 1. The summed E-state index contributed by atoms with van der Waals surface area (Å²) in [7, 11) is 1.39. The van der Waals surface area contributed by atoms with E-state index < -0.39 is 42.8 Å². The third kappa shape index (κ3) is 2.16. The summed E-state index contributed by atoms with van der Waals surface area (Å²) in [5.74, 6) is -0.522. The van der Waals surface area contributed by atoms with Gasteiger partial charge in [-0.1, -0.05) is 0 Å². The summed E-state index contributed by atoms with van der Waals surface area (Å²) >= 11 is 0. The second-order valence-electron chi connectivity index (χ2n) is 4.10. The van der Waals surface area contributed by atoms with Crippen LogP contribution in [0.2, 0.25) is 0 Å². The molecule has 0 aromatic carbocycles. The first-order valence-corrected chi connectivity index (χ1v) is 5.41. The Balaban J connectivity index is 2.18. The topological polar surface area (TPSA) is 94.5 Å². The SMILES string of the molecule is CO[C@H]1O[C@H](CO)[C@@H](O)[C@@H]2O[C@@H](C)C(=O)O[C@H]12. The van der Waals surface area contributed by atoms with Crippen molar-refractivity contribution < 1.29 is 34.0 Å². The van der Waals surface area contributed by atoms with Crippen molar-refractivity contribution in [1.82, 2.24) is 0 Å². The molecule has 2 heterocycles. The molecule has 0 saturated carbocycles. The Morgan fingerprint density at radius 3 is 2.65 bits per heavy atom. The van der Waals surface area contributed by atoms with Crippen LogP contribution in [0.1, 0.15) is 6.92 Å². The molecule has 0 aliphatic carbocycles. The maximum Gasteiger partial charge on any atom is 0.335 e. The summed E-state index contributed by atoms with van der Waals surface area (Å²) in [6.45, 7) is 1.17. The molecule has 7 nitrogen and oxygen atoms in total. The lowest BCUT2D eigenvalue weighted by molar-refractivity contribution is -0.324. The summed E-state index contributed by atoms with van der Waals surface area (Å²) < 4.78 is 20.8. The van der Waals surface area contributed by atoms with Crippen LogP contribution in [0.4, 0.5) is 0 Å². The molecular weight excluding hydrogens is 232 g/mol. The molecule has 2 aliphatic rings. The fourth-order valence-electron chi connectivity index (χ4n) is 2.03. The van der Waals surface area contributed by atoms with Gasteiger partial charge in [0.25, 0.3) is 0 Å². The molecule has 2 N–H and O–H groups in total. The minimum atomic E-state index is -1.06. The maximum atomic E-state index is 11.4. The molecule has 2 fully saturated rings. The van der Waals surface area contributed by atoms with E-state index in [1.807, 2.05) is 0 Å².